The molecule has 126 valence electrons. The Hall–Kier alpha value is -2.13. The highest BCUT2D eigenvalue weighted by Gasteiger charge is 2.23. The summed E-state index contributed by atoms with van der Waals surface area (Å²) in [5.74, 6) is 0.719. The van der Waals surface area contributed by atoms with Crippen LogP contribution in [-0.4, -0.2) is 70.9 Å². The number of methoxy groups -OCH3 is 1. The number of aryl methyl sites for hydroxylation is 1. The molecule has 9 heteroatoms. The van der Waals surface area contributed by atoms with Crippen LogP contribution in [0, 0.1) is 0 Å². The van der Waals surface area contributed by atoms with Crippen LogP contribution in [-0.2, 0) is 18.3 Å². The second kappa shape index (κ2) is 6.17. The van der Waals surface area contributed by atoms with Crippen molar-refractivity contribution in [2.45, 2.75) is 6.54 Å². The molecular weight excluding hydrogens is 300 g/mol. The monoisotopic (exact) mass is 322 g/mol. The molecule has 0 bridgehead atoms. The number of imidazole rings is 1. The fourth-order valence-corrected chi connectivity index (χ4v) is 2.87. The number of hydrogen-bond donors (Lipinski definition) is 1. The summed E-state index contributed by atoms with van der Waals surface area (Å²) in [6.07, 6.45) is 0. The van der Waals surface area contributed by atoms with Crippen molar-refractivity contribution in [3.8, 4) is 0 Å². The van der Waals surface area contributed by atoms with Crippen LogP contribution in [0.25, 0.3) is 11.2 Å². The molecule has 2 aromatic rings. The summed E-state index contributed by atoms with van der Waals surface area (Å²) in [4.78, 5) is 35.4. The fraction of sp³-hybridized carbons (Fsp3) is 0.643. The van der Waals surface area contributed by atoms with Crippen LogP contribution in [0.5, 0.6) is 0 Å². The van der Waals surface area contributed by atoms with Crippen LogP contribution in [0.3, 0.4) is 0 Å². The molecule has 0 spiro atoms. The summed E-state index contributed by atoms with van der Waals surface area (Å²) in [5.41, 5.74) is -0.0437. The van der Waals surface area contributed by atoms with Gasteiger partial charge in [0, 0.05) is 46.9 Å². The van der Waals surface area contributed by atoms with Crippen molar-refractivity contribution < 1.29 is 4.74 Å². The van der Waals surface area contributed by atoms with Crippen molar-refractivity contribution in [1.82, 2.24) is 24.0 Å². The lowest BCUT2D eigenvalue weighted by Crippen LogP contribution is -2.45. The molecule has 0 atom stereocenters. The molecule has 23 heavy (non-hydrogen) atoms. The number of nitrogens with zero attached hydrogens (tertiary/aromatic N) is 5. The van der Waals surface area contributed by atoms with Gasteiger partial charge in [0.15, 0.2) is 11.2 Å². The van der Waals surface area contributed by atoms with E-state index in [1.807, 2.05) is 4.57 Å². The van der Waals surface area contributed by atoms with Gasteiger partial charge in [-0.1, -0.05) is 0 Å². The number of hydrogen-bond acceptors (Lipinski definition) is 6. The van der Waals surface area contributed by atoms with Crippen LogP contribution in [0.15, 0.2) is 9.59 Å². The Balaban J connectivity index is 2.16. The minimum atomic E-state index is -0.455. The maximum Gasteiger partial charge on any atom is 0.329 e. The van der Waals surface area contributed by atoms with E-state index in [0.717, 1.165) is 32.1 Å². The highest BCUT2D eigenvalue weighted by Crippen LogP contribution is 2.20. The summed E-state index contributed by atoms with van der Waals surface area (Å²) in [5, 5.41) is 0. The quantitative estimate of drug-likeness (QED) is 0.762. The summed E-state index contributed by atoms with van der Waals surface area (Å²) in [6.45, 7) is 4.51. The van der Waals surface area contributed by atoms with E-state index in [4.69, 9.17) is 4.74 Å². The zero-order chi connectivity index (χ0) is 16.6. The van der Waals surface area contributed by atoms with Crippen molar-refractivity contribution in [2.24, 2.45) is 7.05 Å². The number of aromatic amines is 1. The number of aromatic nitrogens is 4. The molecule has 1 fully saturated rings. The number of likely N-dealkylation sites (N-methyl/N-ethyl adjacent to an activating group) is 1. The minimum absolute atomic E-state index is 0.406. The highest BCUT2D eigenvalue weighted by molar-refractivity contribution is 5.74. The van der Waals surface area contributed by atoms with E-state index in [1.54, 1.807) is 14.2 Å². The van der Waals surface area contributed by atoms with Crippen LogP contribution < -0.4 is 16.1 Å². The van der Waals surface area contributed by atoms with Gasteiger partial charge >= 0.3 is 5.69 Å². The molecule has 0 aromatic carbocycles. The number of nitrogens with one attached hydrogen (secondary N) is 1. The van der Waals surface area contributed by atoms with Gasteiger partial charge in [-0.25, -0.2) is 4.79 Å². The Labute approximate surface area is 133 Å². The molecule has 1 aliphatic heterocycles. The van der Waals surface area contributed by atoms with Crippen molar-refractivity contribution in [2.75, 3.05) is 51.8 Å². The van der Waals surface area contributed by atoms with Gasteiger partial charge in [0.25, 0.3) is 5.56 Å². The van der Waals surface area contributed by atoms with Crippen LogP contribution >= 0.6 is 0 Å². The lowest BCUT2D eigenvalue weighted by molar-refractivity contribution is 0.188. The lowest BCUT2D eigenvalue weighted by atomic mass is 10.3. The number of H-pyrrole nitrogens is 1. The first kappa shape index (κ1) is 15.8. The number of fused-ring (bicyclic) bond motifs is 1. The van der Waals surface area contributed by atoms with E-state index in [-0.39, 0.29) is 0 Å². The molecule has 2 aromatic heterocycles. The van der Waals surface area contributed by atoms with Crippen molar-refractivity contribution in [3.05, 3.63) is 20.8 Å². The second-order valence-electron chi connectivity index (χ2n) is 5.84. The molecular formula is C14H22N6O3. The van der Waals surface area contributed by atoms with Crippen LogP contribution in [0.4, 0.5) is 5.95 Å². The summed E-state index contributed by atoms with van der Waals surface area (Å²) < 4.78 is 8.39. The van der Waals surface area contributed by atoms with Crippen molar-refractivity contribution >= 4 is 17.1 Å². The number of anilines is 1. The first-order valence-corrected chi connectivity index (χ1v) is 7.65. The molecule has 0 amide bonds. The summed E-state index contributed by atoms with van der Waals surface area (Å²) in [7, 11) is 5.32. The predicted molar refractivity (Wildman–Crippen MR) is 87.2 cm³/mol. The Morgan fingerprint density at radius 3 is 2.52 bits per heavy atom. The van der Waals surface area contributed by atoms with E-state index in [1.165, 1.54) is 4.57 Å². The maximum atomic E-state index is 12.3. The van der Waals surface area contributed by atoms with E-state index >= 15 is 0 Å². The first-order chi connectivity index (χ1) is 11.0. The van der Waals surface area contributed by atoms with E-state index in [0.29, 0.717) is 24.3 Å². The zero-order valence-electron chi connectivity index (χ0n) is 13.7. The van der Waals surface area contributed by atoms with Gasteiger partial charge in [0.1, 0.15) is 0 Å². The van der Waals surface area contributed by atoms with E-state index in [2.05, 4.69) is 26.8 Å². The minimum Gasteiger partial charge on any atom is -0.383 e. The molecule has 0 unspecified atom stereocenters. The molecule has 0 radical (unpaired) electrons. The molecule has 1 saturated heterocycles. The van der Waals surface area contributed by atoms with Crippen molar-refractivity contribution in [1.29, 1.82) is 0 Å². The average Bonchev–Trinajstić information content (AvgIpc) is 2.91. The molecule has 3 rings (SSSR count). The number of piperazine rings is 1. The van der Waals surface area contributed by atoms with Gasteiger partial charge in [-0.05, 0) is 7.05 Å². The van der Waals surface area contributed by atoms with Crippen molar-refractivity contribution in [3.63, 3.8) is 0 Å². The SMILES string of the molecule is COCCn1c(N2CCN(C)CC2)nc2c1c(=O)[nH]c(=O)n2C. The molecule has 9 nitrogen and oxygen atoms in total. The maximum absolute atomic E-state index is 12.3. The zero-order valence-corrected chi connectivity index (χ0v) is 13.7. The van der Waals surface area contributed by atoms with Crippen LogP contribution in [0.1, 0.15) is 0 Å². The normalized spacial score (nSPS) is 16.4. The van der Waals surface area contributed by atoms with Gasteiger partial charge in [-0.2, -0.15) is 4.98 Å². The molecule has 0 aliphatic carbocycles. The average molecular weight is 322 g/mol. The van der Waals surface area contributed by atoms with E-state index < -0.39 is 11.2 Å². The Morgan fingerprint density at radius 1 is 1.17 bits per heavy atom. The molecule has 1 aliphatic rings. The fourth-order valence-electron chi connectivity index (χ4n) is 2.87. The third kappa shape index (κ3) is 2.77. The van der Waals surface area contributed by atoms with Gasteiger partial charge in [0.05, 0.1) is 6.61 Å². The second-order valence-corrected chi connectivity index (χ2v) is 5.84. The third-order valence-corrected chi connectivity index (χ3v) is 4.29. The Kier molecular flexibility index (Phi) is 4.22. The van der Waals surface area contributed by atoms with Gasteiger partial charge in [0.2, 0.25) is 5.95 Å². The summed E-state index contributed by atoms with van der Waals surface area (Å²) >= 11 is 0. The number of ether oxygens (including phenoxy) is 1. The smallest absolute Gasteiger partial charge is 0.329 e. The third-order valence-electron chi connectivity index (χ3n) is 4.29. The lowest BCUT2D eigenvalue weighted by Gasteiger charge is -2.33. The standard InChI is InChI=1S/C14H22N6O3/c1-17-4-6-19(7-5-17)13-15-11-10(20(13)8-9-23-3)12(21)16-14(22)18(11)2/h4-9H2,1-3H3,(H,16,21,22). The first-order valence-electron chi connectivity index (χ1n) is 7.65. The van der Waals surface area contributed by atoms with Crippen LogP contribution in [0.2, 0.25) is 0 Å². The Morgan fingerprint density at radius 2 is 1.87 bits per heavy atom. The molecule has 1 N–H and O–H groups in total. The van der Waals surface area contributed by atoms with Gasteiger partial charge < -0.3 is 19.1 Å². The summed E-state index contributed by atoms with van der Waals surface area (Å²) in [6, 6.07) is 0. The highest BCUT2D eigenvalue weighted by atomic mass is 16.5. The van der Waals surface area contributed by atoms with Gasteiger partial charge in [-0.3, -0.25) is 14.3 Å². The van der Waals surface area contributed by atoms with Gasteiger partial charge in [-0.15, -0.1) is 0 Å². The predicted octanol–water partition coefficient (Wildman–Crippen LogP) is -1.18. The topological polar surface area (TPSA) is 88.4 Å². The largest absolute Gasteiger partial charge is 0.383 e. The number of rotatable bonds is 4. The molecule has 0 saturated carbocycles. The molecule has 3 heterocycles. The van der Waals surface area contributed by atoms with E-state index in [9.17, 15) is 9.59 Å². The Bertz CT molecular complexity index is 812.